The third kappa shape index (κ3) is 31.9. The Hall–Kier alpha value is -3.59. The van der Waals surface area contributed by atoms with Gasteiger partial charge in [-0.3, -0.25) is 9.59 Å². The van der Waals surface area contributed by atoms with Crippen molar-refractivity contribution in [3.05, 3.63) is 234 Å². The molecular weight excluding hydrogens is 1780 g/mol. The second-order valence-corrected chi connectivity index (χ2v) is 32.3. The molecule has 7 aromatic rings. The Bertz CT molecular complexity index is 4090. The molecule has 6 aliphatic rings. The third-order valence-corrected chi connectivity index (χ3v) is 23.0. The topological polar surface area (TPSA) is 203 Å². The first-order valence-electron chi connectivity index (χ1n) is 37.7. The van der Waals surface area contributed by atoms with Gasteiger partial charge in [-0.1, -0.05) is 151 Å². The largest absolute Gasteiger partial charge is 1.00 e. The Kier molecular flexibility index (Phi) is 46.3. The number of alkyl halides is 8. The zero-order valence-electron chi connectivity index (χ0n) is 66.2. The molecule has 116 heavy (non-hydrogen) atoms. The van der Waals surface area contributed by atoms with Gasteiger partial charge in [-0.2, -0.15) is 36.9 Å². The average molecular weight is 1880 g/mol. The smallest absolute Gasteiger partial charge is 1.00 e. The number of carbonyl (C=O) groups is 2. The summed E-state index contributed by atoms with van der Waals surface area (Å²) in [4.78, 5) is 29.7. The summed E-state index contributed by atoms with van der Waals surface area (Å²) in [6, 6.07) is 51.8. The Balaban J connectivity index is 0.000000315. The van der Waals surface area contributed by atoms with Crippen LogP contribution in [-0.2, 0) is 73.7 Å². The molecule has 0 saturated carbocycles. The maximum absolute atomic E-state index is 13.8. The number of hydrogen-bond acceptors (Lipinski definition) is 13. The zero-order chi connectivity index (χ0) is 81.3. The number of aliphatic carboxylic acids is 1. The third-order valence-electron chi connectivity index (χ3n) is 21.1. The molecule has 15 nitrogen and oxygen atoms in total. The molecular formula is C86H97Br2Cl5F6KN4NaO11. The molecule has 6 saturated heterocycles. The standard InChI is InChI=1S/C25H27ClF3NO3.C25H29ClF3NO2.C12H12ClNO.C12H13ClO3.C8H6ClN.C4H8Br2O.K.Na.H2O.H/c26-21-7-3-19(4-8-21)24(11-14-32-15-12-24)23(31)30-13-1-2-18(16-30)17-33-22-9-5-20(6-10-22)25(27,28)29;26-22-7-3-20(4-8-22)24(11-14-31-15-12-24)18-30-13-1-2-19(16-30)17-32-23-9-5-21(6-10-23)25(27,28)29;13-11-3-1-10(2-4-11)12(9-14)5-7-15-8-6-12;13-10-3-1-9(2-4-10)12(11(14)15)5-7-16-8-6-12;9-8-3-1-7(2-4-8)5-6-10;5-1-3-7-4-2-6;;;;/h3-10,18H,1-2,11-17H2;3-10,19H,1-2,11-18H2;1-4H,5-8H2;1-4H,5-8H2,(H,14,15);1-4H,5H2;1-4H2;;;1H2;/q;;;;;;2*+1;;-1/p-1. The maximum atomic E-state index is 13.8. The monoisotopic (exact) mass is 1870 g/mol. The van der Waals surface area contributed by atoms with Gasteiger partial charge in [0.25, 0.3) is 0 Å². The van der Waals surface area contributed by atoms with Gasteiger partial charge in [0.1, 0.15) is 11.5 Å². The van der Waals surface area contributed by atoms with Crippen LogP contribution in [0.2, 0.25) is 25.1 Å². The molecule has 6 aliphatic heterocycles. The molecule has 0 spiro atoms. The second kappa shape index (κ2) is 52.1. The van der Waals surface area contributed by atoms with E-state index in [-0.39, 0.29) is 110 Å². The van der Waals surface area contributed by atoms with Crippen molar-refractivity contribution in [1.29, 1.82) is 10.5 Å². The number of halogens is 13. The van der Waals surface area contributed by atoms with Crippen LogP contribution in [0.25, 0.3) is 0 Å². The van der Waals surface area contributed by atoms with Crippen LogP contribution >= 0.6 is 89.9 Å². The van der Waals surface area contributed by atoms with Crippen LogP contribution in [0.3, 0.4) is 0 Å². The van der Waals surface area contributed by atoms with Crippen molar-refractivity contribution in [3.63, 3.8) is 0 Å². The number of rotatable bonds is 19. The first-order chi connectivity index (χ1) is 54.3. The first-order valence-corrected chi connectivity index (χ1v) is 41.8. The van der Waals surface area contributed by atoms with E-state index < -0.39 is 40.3 Å². The molecule has 6 fully saturated rings. The van der Waals surface area contributed by atoms with Crippen LogP contribution in [-0.4, -0.2) is 155 Å². The number of carboxylic acids is 1. The van der Waals surface area contributed by atoms with Gasteiger partial charge in [0.15, 0.2) is 0 Å². The van der Waals surface area contributed by atoms with Gasteiger partial charge in [0, 0.05) is 132 Å². The maximum Gasteiger partial charge on any atom is 1.00 e. The number of piperidine rings is 2. The van der Waals surface area contributed by atoms with Gasteiger partial charge in [-0.05, 0) is 221 Å². The first kappa shape index (κ1) is 103. The van der Waals surface area contributed by atoms with E-state index in [1.165, 1.54) is 29.8 Å². The van der Waals surface area contributed by atoms with E-state index in [2.05, 4.69) is 61.0 Å². The van der Waals surface area contributed by atoms with Crippen molar-refractivity contribution in [1.82, 2.24) is 9.80 Å². The van der Waals surface area contributed by atoms with Crippen LogP contribution in [0.4, 0.5) is 26.3 Å². The summed E-state index contributed by atoms with van der Waals surface area (Å²) in [6.07, 6.45) is 1.47. The summed E-state index contributed by atoms with van der Waals surface area (Å²) in [5, 5.41) is 32.3. The molecule has 0 bridgehead atoms. The van der Waals surface area contributed by atoms with Gasteiger partial charge in [0.2, 0.25) is 5.91 Å². The molecule has 2 atom stereocenters. The number of hydrogen-bond donors (Lipinski definition) is 1. The molecule has 0 radical (unpaired) electrons. The molecule has 1 amide bonds. The van der Waals surface area contributed by atoms with Crippen molar-refractivity contribution in [2.75, 3.05) is 123 Å². The van der Waals surface area contributed by atoms with Crippen molar-refractivity contribution in [2.45, 2.75) is 117 Å². The molecule has 2 unspecified atom stereocenters. The predicted octanol–water partition coefficient (Wildman–Crippen LogP) is 15.4. The van der Waals surface area contributed by atoms with E-state index in [4.69, 9.17) is 96.4 Å². The Labute approximate surface area is 785 Å². The average Bonchev–Trinajstić information content (AvgIpc) is 0.842. The summed E-state index contributed by atoms with van der Waals surface area (Å²) in [6.45, 7) is 11.6. The Morgan fingerprint density at radius 3 is 1.27 bits per heavy atom. The minimum atomic E-state index is -4.37. The van der Waals surface area contributed by atoms with Crippen molar-refractivity contribution in [2.24, 2.45) is 11.8 Å². The predicted molar refractivity (Wildman–Crippen MR) is 441 cm³/mol. The number of carbonyl (C=O) groups excluding carboxylic acids is 1. The fourth-order valence-electron chi connectivity index (χ4n) is 14.6. The fourth-order valence-corrected chi connectivity index (χ4v) is 15.7. The van der Waals surface area contributed by atoms with E-state index in [9.17, 15) is 46.3 Å². The van der Waals surface area contributed by atoms with Crippen molar-refractivity contribution < 1.29 is 162 Å². The molecule has 13 rings (SSSR count). The van der Waals surface area contributed by atoms with E-state index in [1.807, 2.05) is 77.7 Å². The molecule has 30 heteroatoms. The normalized spacial score (nSPS) is 18.5. The Morgan fingerprint density at radius 1 is 0.509 bits per heavy atom. The number of benzene rings is 7. The quantitative estimate of drug-likeness (QED) is 0.0346. The molecule has 0 aromatic heterocycles. The van der Waals surface area contributed by atoms with Gasteiger partial charge in [-0.25, -0.2) is 0 Å². The van der Waals surface area contributed by atoms with Crippen LogP contribution in [0.1, 0.15) is 117 Å². The number of likely N-dealkylation sites (tertiary alicyclic amines) is 2. The number of nitriles is 2. The van der Waals surface area contributed by atoms with E-state index in [0.29, 0.717) is 136 Å². The minimum Gasteiger partial charge on any atom is -1.00 e. The van der Waals surface area contributed by atoms with Gasteiger partial charge in [0.05, 0.1) is 72.4 Å². The number of amides is 1. The van der Waals surface area contributed by atoms with Crippen LogP contribution in [0, 0.1) is 34.5 Å². The van der Waals surface area contributed by atoms with Gasteiger partial charge in [-0.15, -0.1) is 0 Å². The Morgan fingerprint density at radius 2 is 0.871 bits per heavy atom. The van der Waals surface area contributed by atoms with E-state index >= 15 is 0 Å². The van der Waals surface area contributed by atoms with Crippen molar-refractivity contribution in [3.8, 4) is 23.6 Å². The fraction of sp³-hybridized carbons (Fsp3) is 0.465. The van der Waals surface area contributed by atoms with Gasteiger partial charge >= 0.3 is 99.3 Å². The van der Waals surface area contributed by atoms with E-state index in [0.717, 1.165) is 160 Å². The number of nitrogens with zero attached hydrogens (tertiary/aromatic N) is 4. The minimum absolute atomic E-state index is 0. The summed E-state index contributed by atoms with van der Waals surface area (Å²) >= 11 is 35.9. The van der Waals surface area contributed by atoms with Gasteiger partial charge < -0.3 is 55.0 Å². The summed E-state index contributed by atoms with van der Waals surface area (Å²) in [5.74, 6) is 0.677. The number of carboxylic acid groups (broad SMARTS) is 1. The second-order valence-electron chi connectivity index (χ2n) is 28.5. The zero-order valence-corrected chi connectivity index (χ0v) is 77.3. The molecule has 6 heterocycles. The molecule has 7 aromatic carbocycles. The van der Waals surface area contributed by atoms with E-state index in [1.54, 1.807) is 36.4 Å². The summed E-state index contributed by atoms with van der Waals surface area (Å²) in [5.41, 5.74) is 2.05. The SMILES string of the molecule is BrCCOCCBr.FC(F)(F)c1ccc(OCC2CCCN(CC3(c4ccc(Cl)cc4)CCOCC3)C2)cc1.N#CC1(c2ccc(Cl)cc2)CCOCC1.N#CCc1ccc(Cl)cc1.O=C(N1CCCC(COc2ccc(C(F)(F)F)cc2)C1)C1(c2ccc(Cl)cc2)CCOCC1.O=C(O)C1(c2ccc(Cl)cc2)CCOCC1.[H-].[K+].[Na+].[OH-]. The number of ether oxygens (including phenoxy) is 7. The molecule has 620 valence electrons. The molecule has 2 N–H and O–H groups in total. The van der Waals surface area contributed by atoms with Crippen LogP contribution in [0.15, 0.2) is 170 Å². The van der Waals surface area contributed by atoms with Crippen molar-refractivity contribution >= 4 is 102 Å². The summed E-state index contributed by atoms with van der Waals surface area (Å²) < 4.78 is 115. The van der Waals surface area contributed by atoms with Crippen LogP contribution < -0.4 is 90.4 Å². The molecule has 0 aliphatic carbocycles. The summed E-state index contributed by atoms with van der Waals surface area (Å²) in [7, 11) is 0. The van der Waals surface area contributed by atoms with Crippen LogP contribution in [0.5, 0.6) is 11.5 Å².